The number of aromatic nitrogens is 1. The predicted octanol–water partition coefficient (Wildman–Crippen LogP) is 2.41. The second-order valence-electron chi connectivity index (χ2n) is 4.16. The van der Waals surface area contributed by atoms with Crippen LogP contribution in [0.5, 0.6) is 0 Å². The standard InChI is InChI=1S/C13H18N4O2S/c1-3-15-13-16-11(14)10(20-13)12(18)17(4-2)8-9-6-5-7-19-9/h5-7H,3-4,8,14H2,1-2H3,(H,15,16). The summed E-state index contributed by atoms with van der Waals surface area (Å²) in [5.41, 5.74) is 5.83. The third kappa shape index (κ3) is 3.11. The van der Waals surface area contributed by atoms with E-state index < -0.39 is 0 Å². The van der Waals surface area contributed by atoms with Crippen molar-refractivity contribution in [1.82, 2.24) is 9.88 Å². The van der Waals surface area contributed by atoms with Crippen molar-refractivity contribution in [2.45, 2.75) is 20.4 Å². The number of hydrogen-bond donors (Lipinski definition) is 2. The van der Waals surface area contributed by atoms with Gasteiger partial charge in [0.05, 0.1) is 12.8 Å². The van der Waals surface area contributed by atoms with Gasteiger partial charge in [0.1, 0.15) is 16.5 Å². The van der Waals surface area contributed by atoms with Gasteiger partial charge < -0.3 is 20.4 Å². The van der Waals surface area contributed by atoms with Crippen molar-refractivity contribution in [1.29, 1.82) is 0 Å². The Balaban J connectivity index is 2.15. The van der Waals surface area contributed by atoms with E-state index in [0.29, 0.717) is 23.1 Å². The molecule has 0 saturated carbocycles. The summed E-state index contributed by atoms with van der Waals surface area (Å²) >= 11 is 1.28. The minimum Gasteiger partial charge on any atom is -0.467 e. The zero-order chi connectivity index (χ0) is 14.5. The Morgan fingerprint density at radius 3 is 2.95 bits per heavy atom. The van der Waals surface area contributed by atoms with E-state index in [1.807, 2.05) is 19.9 Å². The van der Waals surface area contributed by atoms with Crippen molar-refractivity contribution in [3.05, 3.63) is 29.0 Å². The molecule has 3 N–H and O–H groups in total. The number of nitrogens with zero attached hydrogens (tertiary/aromatic N) is 2. The van der Waals surface area contributed by atoms with Crippen LogP contribution in [0.4, 0.5) is 10.9 Å². The Labute approximate surface area is 121 Å². The monoisotopic (exact) mass is 294 g/mol. The minimum absolute atomic E-state index is 0.122. The van der Waals surface area contributed by atoms with E-state index in [-0.39, 0.29) is 11.7 Å². The average Bonchev–Trinajstić information content (AvgIpc) is 3.05. The van der Waals surface area contributed by atoms with Crippen LogP contribution >= 0.6 is 11.3 Å². The minimum atomic E-state index is -0.122. The van der Waals surface area contributed by atoms with Gasteiger partial charge in [-0.25, -0.2) is 4.98 Å². The first kappa shape index (κ1) is 14.4. The number of thiazole rings is 1. The molecule has 6 nitrogen and oxygen atoms in total. The van der Waals surface area contributed by atoms with Gasteiger partial charge in [-0.3, -0.25) is 4.79 Å². The van der Waals surface area contributed by atoms with Crippen molar-refractivity contribution in [2.75, 3.05) is 24.1 Å². The molecule has 0 aliphatic carbocycles. The lowest BCUT2D eigenvalue weighted by Gasteiger charge is -2.18. The number of carbonyl (C=O) groups excluding carboxylic acids is 1. The summed E-state index contributed by atoms with van der Waals surface area (Å²) in [6.45, 7) is 5.63. The first-order valence-electron chi connectivity index (χ1n) is 6.47. The van der Waals surface area contributed by atoms with Gasteiger partial charge in [-0.15, -0.1) is 0 Å². The number of furan rings is 1. The van der Waals surface area contributed by atoms with E-state index in [2.05, 4.69) is 10.3 Å². The zero-order valence-electron chi connectivity index (χ0n) is 11.5. The van der Waals surface area contributed by atoms with Crippen LogP contribution in [0.3, 0.4) is 0 Å². The number of rotatable bonds is 6. The highest BCUT2D eigenvalue weighted by Crippen LogP contribution is 2.26. The maximum absolute atomic E-state index is 12.5. The quantitative estimate of drug-likeness (QED) is 0.854. The molecule has 0 aromatic carbocycles. The molecule has 2 rings (SSSR count). The molecule has 20 heavy (non-hydrogen) atoms. The molecule has 0 aliphatic rings. The highest BCUT2D eigenvalue weighted by Gasteiger charge is 2.22. The van der Waals surface area contributed by atoms with E-state index in [0.717, 1.165) is 12.3 Å². The maximum atomic E-state index is 12.5. The summed E-state index contributed by atoms with van der Waals surface area (Å²) in [6.07, 6.45) is 1.60. The van der Waals surface area contributed by atoms with E-state index in [9.17, 15) is 4.79 Å². The fourth-order valence-corrected chi connectivity index (χ4v) is 2.69. The summed E-state index contributed by atoms with van der Waals surface area (Å²) < 4.78 is 5.28. The molecular formula is C13H18N4O2S. The van der Waals surface area contributed by atoms with Crippen LogP contribution in [-0.4, -0.2) is 28.9 Å². The molecule has 7 heteroatoms. The van der Waals surface area contributed by atoms with Crippen LogP contribution in [0, 0.1) is 0 Å². The lowest BCUT2D eigenvalue weighted by atomic mass is 10.3. The fraction of sp³-hybridized carbons (Fsp3) is 0.385. The van der Waals surface area contributed by atoms with Crippen LogP contribution < -0.4 is 11.1 Å². The summed E-state index contributed by atoms with van der Waals surface area (Å²) in [4.78, 5) is 18.8. The number of nitrogens with two attached hydrogens (primary N) is 1. The van der Waals surface area contributed by atoms with Gasteiger partial charge in [-0.1, -0.05) is 11.3 Å². The fourth-order valence-electron chi connectivity index (χ4n) is 1.77. The molecule has 0 spiro atoms. The van der Waals surface area contributed by atoms with Crippen molar-refractivity contribution >= 4 is 28.2 Å². The molecule has 0 saturated heterocycles. The van der Waals surface area contributed by atoms with Crippen molar-refractivity contribution < 1.29 is 9.21 Å². The third-order valence-corrected chi connectivity index (χ3v) is 3.79. The summed E-state index contributed by atoms with van der Waals surface area (Å²) in [5.74, 6) is 0.895. The highest BCUT2D eigenvalue weighted by atomic mass is 32.1. The molecule has 108 valence electrons. The van der Waals surface area contributed by atoms with Gasteiger partial charge in [-0.2, -0.15) is 0 Å². The molecule has 0 bridgehead atoms. The molecule has 1 amide bonds. The summed E-state index contributed by atoms with van der Waals surface area (Å²) in [6, 6.07) is 3.65. The Hall–Kier alpha value is -2.02. The van der Waals surface area contributed by atoms with Crippen molar-refractivity contribution in [2.24, 2.45) is 0 Å². The number of hydrogen-bond acceptors (Lipinski definition) is 6. The normalized spacial score (nSPS) is 10.5. The molecule has 2 aromatic rings. The zero-order valence-corrected chi connectivity index (χ0v) is 12.4. The van der Waals surface area contributed by atoms with Gasteiger partial charge >= 0.3 is 0 Å². The van der Waals surface area contributed by atoms with Crippen LogP contribution in [0.1, 0.15) is 29.3 Å². The maximum Gasteiger partial charge on any atom is 0.268 e. The van der Waals surface area contributed by atoms with E-state index in [1.54, 1.807) is 17.2 Å². The number of amides is 1. The Morgan fingerprint density at radius 2 is 2.35 bits per heavy atom. The molecule has 0 fully saturated rings. The highest BCUT2D eigenvalue weighted by molar-refractivity contribution is 7.18. The Kier molecular flexibility index (Phi) is 4.62. The van der Waals surface area contributed by atoms with Gasteiger partial charge in [-0.05, 0) is 26.0 Å². The SMILES string of the molecule is CCNc1nc(N)c(C(=O)N(CC)Cc2ccco2)s1. The van der Waals surface area contributed by atoms with Gasteiger partial charge in [0.25, 0.3) is 5.91 Å². The summed E-state index contributed by atoms with van der Waals surface area (Å²) in [7, 11) is 0. The topological polar surface area (TPSA) is 84.4 Å². The lowest BCUT2D eigenvalue weighted by molar-refractivity contribution is 0.0747. The van der Waals surface area contributed by atoms with Crippen LogP contribution in [0.2, 0.25) is 0 Å². The molecule has 0 atom stereocenters. The molecule has 0 unspecified atom stereocenters. The van der Waals surface area contributed by atoms with Gasteiger partial charge in [0.15, 0.2) is 5.13 Å². The Morgan fingerprint density at radius 1 is 1.55 bits per heavy atom. The van der Waals surface area contributed by atoms with Gasteiger partial charge in [0.2, 0.25) is 0 Å². The number of anilines is 2. The smallest absolute Gasteiger partial charge is 0.268 e. The molecule has 0 aliphatic heterocycles. The largest absolute Gasteiger partial charge is 0.467 e. The first-order chi connectivity index (χ1) is 9.65. The molecule has 2 aromatic heterocycles. The number of nitrogen functional groups attached to an aromatic ring is 1. The van der Waals surface area contributed by atoms with Crippen LogP contribution in [-0.2, 0) is 6.54 Å². The van der Waals surface area contributed by atoms with E-state index in [4.69, 9.17) is 10.2 Å². The number of carbonyl (C=O) groups is 1. The second kappa shape index (κ2) is 6.42. The van der Waals surface area contributed by atoms with Crippen LogP contribution in [0.25, 0.3) is 0 Å². The Bertz CT molecular complexity index is 565. The molecule has 0 radical (unpaired) electrons. The first-order valence-corrected chi connectivity index (χ1v) is 7.29. The van der Waals surface area contributed by atoms with E-state index >= 15 is 0 Å². The lowest BCUT2D eigenvalue weighted by Crippen LogP contribution is -2.30. The van der Waals surface area contributed by atoms with E-state index in [1.165, 1.54) is 11.3 Å². The average molecular weight is 294 g/mol. The predicted molar refractivity (Wildman–Crippen MR) is 79.8 cm³/mol. The third-order valence-electron chi connectivity index (χ3n) is 2.77. The van der Waals surface area contributed by atoms with Gasteiger partial charge in [0, 0.05) is 13.1 Å². The molecule has 2 heterocycles. The summed E-state index contributed by atoms with van der Waals surface area (Å²) in [5, 5.41) is 3.73. The molecular weight excluding hydrogens is 276 g/mol. The van der Waals surface area contributed by atoms with Crippen LogP contribution in [0.15, 0.2) is 22.8 Å². The van der Waals surface area contributed by atoms with Crippen molar-refractivity contribution in [3.8, 4) is 0 Å². The van der Waals surface area contributed by atoms with Crippen molar-refractivity contribution in [3.63, 3.8) is 0 Å². The second-order valence-corrected chi connectivity index (χ2v) is 5.16. The number of nitrogens with one attached hydrogen (secondary N) is 1.